The molecule has 0 spiro atoms. The number of carbonyl (C=O) groups excluding carboxylic acids is 2. The van der Waals surface area contributed by atoms with Crippen LogP contribution in [-0.2, 0) is 9.59 Å². The van der Waals surface area contributed by atoms with Crippen molar-refractivity contribution in [2.75, 3.05) is 11.4 Å². The van der Waals surface area contributed by atoms with Gasteiger partial charge in [0.1, 0.15) is 6.04 Å². The average Bonchev–Trinajstić information content (AvgIpc) is 2.30. The van der Waals surface area contributed by atoms with Gasteiger partial charge in [0.15, 0.2) is 11.6 Å². The zero-order valence-corrected chi connectivity index (χ0v) is 9.04. The quantitative estimate of drug-likeness (QED) is 0.790. The largest absolute Gasteiger partial charge is 0.345 e. The summed E-state index contributed by atoms with van der Waals surface area (Å²) in [6.07, 6.45) is 0. The van der Waals surface area contributed by atoms with E-state index in [1.165, 1.54) is 19.1 Å². The van der Waals surface area contributed by atoms with Crippen molar-refractivity contribution in [1.29, 1.82) is 0 Å². The smallest absolute Gasteiger partial charge is 0.247 e. The summed E-state index contributed by atoms with van der Waals surface area (Å²) in [6, 6.07) is 2.66. The number of piperazine rings is 1. The third-order valence-electron chi connectivity index (χ3n) is 2.64. The summed E-state index contributed by atoms with van der Waals surface area (Å²) in [4.78, 5) is 24.0. The molecule has 1 aliphatic rings. The first-order valence-corrected chi connectivity index (χ1v) is 5.06. The molecule has 0 radical (unpaired) electrons. The lowest BCUT2D eigenvalue weighted by molar-refractivity contribution is -0.130. The van der Waals surface area contributed by atoms with E-state index in [0.717, 1.165) is 11.0 Å². The van der Waals surface area contributed by atoms with Crippen molar-refractivity contribution in [3.63, 3.8) is 0 Å². The molecule has 2 amide bonds. The van der Waals surface area contributed by atoms with Gasteiger partial charge in [0.25, 0.3) is 0 Å². The van der Waals surface area contributed by atoms with Gasteiger partial charge in [0.05, 0.1) is 12.2 Å². The van der Waals surface area contributed by atoms with Gasteiger partial charge < -0.3 is 5.32 Å². The van der Waals surface area contributed by atoms with Crippen molar-refractivity contribution in [3.8, 4) is 0 Å². The standard InChI is InChI=1S/C11H10F2N2O2/c1-6-11(17)14-5-9(16)15(6)8-4-2-3-7(12)10(8)13/h2-4,6H,5H2,1H3,(H,14,17). The first kappa shape index (κ1) is 11.5. The molecule has 90 valence electrons. The minimum atomic E-state index is -1.12. The highest BCUT2D eigenvalue weighted by molar-refractivity contribution is 6.06. The Bertz CT molecular complexity index is 490. The lowest BCUT2D eigenvalue weighted by atomic mass is 10.1. The number of carbonyl (C=O) groups is 2. The third kappa shape index (κ3) is 1.86. The molecule has 1 heterocycles. The van der Waals surface area contributed by atoms with Gasteiger partial charge in [-0.15, -0.1) is 0 Å². The second-order valence-electron chi connectivity index (χ2n) is 3.73. The molecule has 1 aromatic rings. The van der Waals surface area contributed by atoms with Crippen LogP contribution < -0.4 is 10.2 Å². The van der Waals surface area contributed by atoms with Crippen LogP contribution in [0.2, 0.25) is 0 Å². The number of benzene rings is 1. The maximum absolute atomic E-state index is 13.6. The Morgan fingerprint density at radius 2 is 2.06 bits per heavy atom. The molecule has 17 heavy (non-hydrogen) atoms. The molecule has 4 nitrogen and oxygen atoms in total. The summed E-state index contributed by atoms with van der Waals surface area (Å²) >= 11 is 0. The van der Waals surface area contributed by atoms with E-state index in [-0.39, 0.29) is 12.2 Å². The number of amides is 2. The molecule has 0 aromatic heterocycles. The van der Waals surface area contributed by atoms with Crippen LogP contribution in [0.15, 0.2) is 18.2 Å². The Labute approximate surface area is 96.2 Å². The zero-order chi connectivity index (χ0) is 12.6. The highest BCUT2D eigenvalue weighted by Gasteiger charge is 2.34. The number of hydrogen-bond donors (Lipinski definition) is 1. The molecule has 1 aromatic carbocycles. The van der Waals surface area contributed by atoms with Gasteiger partial charge in [-0.1, -0.05) is 6.07 Å². The summed E-state index contributed by atoms with van der Waals surface area (Å²) in [5, 5.41) is 2.37. The van der Waals surface area contributed by atoms with E-state index in [1.54, 1.807) is 0 Å². The summed E-state index contributed by atoms with van der Waals surface area (Å²) < 4.78 is 26.6. The fourth-order valence-corrected chi connectivity index (χ4v) is 1.75. The molecule has 0 aliphatic carbocycles. The number of halogens is 2. The second-order valence-corrected chi connectivity index (χ2v) is 3.73. The van der Waals surface area contributed by atoms with Gasteiger partial charge in [-0.05, 0) is 19.1 Å². The fourth-order valence-electron chi connectivity index (χ4n) is 1.75. The third-order valence-corrected chi connectivity index (χ3v) is 2.64. The van der Waals surface area contributed by atoms with E-state index in [1.807, 2.05) is 0 Å². The molecule has 2 rings (SSSR count). The molecule has 6 heteroatoms. The van der Waals surface area contributed by atoms with Crippen LogP contribution in [0.1, 0.15) is 6.92 Å². The summed E-state index contributed by atoms with van der Waals surface area (Å²) in [5.74, 6) is -3.04. The number of nitrogens with zero attached hydrogens (tertiary/aromatic N) is 1. The van der Waals surface area contributed by atoms with E-state index in [0.29, 0.717) is 0 Å². The molecule has 1 saturated heterocycles. The average molecular weight is 240 g/mol. The monoisotopic (exact) mass is 240 g/mol. The van der Waals surface area contributed by atoms with Crippen LogP contribution in [0.5, 0.6) is 0 Å². The van der Waals surface area contributed by atoms with Crippen LogP contribution in [0.25, 0.3) is 0 Å². The van der Waals surface area contributed by atoms with Gasteiger partial charge in [-0.2, -0.15) is 0 Å². The van der Waals surface area contributed by atoms with Crippen LogP contribution >= 0.6 is 0 Å². The Kier molecular flexibility index (Phi) is 2.79. The molecule has 0 saturated carbocycles. The van der Waals surface area contributed by atoms with Gasteiger partial charge in [-0.25, -0.2) is 8.78 Å². The van der Waals surface area contributed by atoms with Crippen molar-refractivity contribution in [1.82, 2.24) is 5.32 Å². The van der Waals surface area contributed by atoms with E-state index in [4.69, 9.17) is 0 Å². The van der Waals surface area contributed by atoms with Gasteiger partial charge in [-0.3, -0.25) is 14.5 Å². The van der Waals surface area contributed by atoms with E-state index in [2.05, 4.69) is 5.32 Å². The SMILES string of the molecule is CC1C(=O)NCC(=O)N1c1cccc(F)c1F. The Morgan fingerprint density at radius 3 is 2.76 bits per heavy atom. The number of rotatable bonds is 1. The highest BCUT2D eigenvalue weighted by Crippen LogP contribution is 2.24. The lowest BCUT2D eigenvalue weighted by Gasteiger charge is -2.32. The summed E-state index contributed by atoms with van der Waals surface area (Å²) in [5.41, 5.74) is -0.211. The molecule has 1 N–H and O–H groups in total. The predicted octanol–water partition coefficient (Wildman–Crippen LogP) is 0.816. The summed E-state index contributed by atoms with van der Waals surface area (Å²) in [6.45, 7) is 1.25. The van der Waals surface area contributed by atoms with Gasteiger partial charge >= 0.3 is 0 Å². The second kappa shape index (κ2) is 4.12. The zero-order valence-electron chi connectivity index (χ0n) is 9.04. The normalized spacial score (nSPS) is 20.4. The molecular formula is C11H10F2N2O2. The Balaban J connectivity index is 2.47. The molecule has 1 atom stereocenters. The van der Waals surface area contributed by atoms with Gasteiger partial charge in [0.2, 0.25) is 11.8 Å². The highest BCUT2D eigenvalue weighted by atomic mass is 19.2. The van der Waals surface area contributed by atoms with Crippen LogP contribution in [0.3, 0.4) is 0 Å². The minimum Gasteiger partial charge on any atom is -0.345 e. The number of nitrogens with one attached hydrogen (secondary N) is 1. The van der Waals surface area contributed by atoms with E-state index >= 15 is 0 Å². The van der Waals surface area contributed by atoms with Crippen molar-refractivity contribution in [2.24, 2.45) is 0 Å². The molecule has 1 aliphatic heterocycles. The van der Waals surface area contributed by atoms with Crippen molar-refractivity contribution in [3.05, 3.63) is 29.8 Å². The predicted molar refractivity (Wildman–Crippen MR) is 56.3 cm³/mol. The van der Waals surface area contributed by atoms with E-state index in [9.17, 15) is 18.4 Å². The van der Waals surface area contributed by atoms with Crippen LogP contribution in [0, 0.1) is 11.6 Å². The van der Waals surface area contributed by atoms with E-state index < -0.39 is 29.5 Å². The number of hydrogen-bond acceptors (Lipinski definition) is 2. The fraction of sp³-hybridized carbons (Fsp3) is 0.273. The summed E-state index contributed by atoms with van der Waals surface area (Å²) in [7, 11) is 0. The van der Waals surface area contributed by atoms with Crippen LogP contribution in [0.4, 0.5) is 14.5 Å². The molecule has 1 fully saturated rings. The maximum Gasteiger partial charge on any atom is 0.247 e. The number of anilines is 1. The molecule has 1 unspecified atom stereocenters. The van der Waals surface area contributed by atoms with Crippen molar-refractivity contribution >= 4 is 17.5 Å². The Hall–Kier alpha value is -1.98. The molecular weight excluding hydrogens is 230 g/mol. The topological polar surface area (TPSA) is 49.4 Å². The first-order chi connectivity index (χ1) is 8.02. The Morgan fingerprint density at radius 1 is 1.35 bits per heavy atom. The first-order valence-electron chi connectivity index (χ1n) is 5.06. The lowest BCUT2D eigenvalue weighted by Crippen LogP contribution is -2.57. The van der Waals surface area contributed by atoms with Crippen molar-refractivity contribution < 1.29 is 18.4 Å². The van der Waals surface area contributed by atoms with Gasteiger partial charge in [0, 0.05) is 0 Å². The minimum absolute atomic E-state index is 0.209. The maximum atomic E-state index is 13.6. The van der Waals surface area contributed by atoms with Crippen LogP contribution in [-0.4, -0.2) is 24.4 Å². The molecule has 0 bridgehead atoms. The van der Waals surface area contributed by atoms with Crippen molar-refractivity contribution in [2.45, 2.75) is 13.0 Å².